The number of urea groups is 1. The fourth-order valence-corrected chi connectivity index (χ4v) is 6.86. The molecule has 0 radical (unpaired) electrons. The molecule has 0 spiro atoms. The second-order valence-corrected chi connectivity index (χ2v) is 11.0. The molecule has 0 aliphatic carbocycles. The maximum Gasteiger partial charge on any atom is 0.332 e. The van der Waals surface area contributed by atoms with Crippen molar-refractivity contribution in [2.45, 2.75) is 32.2 Å². The van der Waals surface area contributed by atoms with Crippen molar-refractivity contribution in [3.8, 4) is 0 Å². The van der Waals surface area contributed by atoms with Crippen LogP contribution in [-0.2, 0) is 22.6 Å². The second kappa shape index (κ2) is 7.92. The molecule has 9 heteroatoms. The standard InChI is InChI=1S/C24H28N4O4S/c1-15-7-8-18(33-15)10-24(21(30)25(2)23(32)26(3)22(24)31)14-27-11-16-9-17(13-27)19-5-4-6-20(29)28(19)12-16/h4-8,16-17H,9-14H2,1-3H3. The van der Waals surface area contributed by atoms with Crippen LogP contribution in [0.15, 0.2) is 35.1 Å². The highest BCUT2D eigenvalue weighted by Crippen LogP contribution is 2.39. The Morgan fingerprint density at radius 3 is 2.36 bits per heavy atom. The van der Waals surface area contributed by atoms with E-state index in [1.165, 1.54) is 14.1 Å². The van der Waals surface area contributed by atoms with E-state index in [-0.39, 0.29) is 30.4 Å². The molecule has 5 heterocycles. The van der Waals surface area contributed by atoms with Crippen molar-refractivity contribution in [2.24, 2.45) is 11.3 Å². The van der Waals surface area contributed by atoms with E-state index in [0.717, 1.165) is 31.7 Å². The first-order chi connectivity index (χ1) is 15.7. The molecular weight excluding hydrogens is 440 g/mol. The summed E-state index contributed by atoms with van der Waals surface area (Å²) in [6.45, 7) is 4.29. The normalized spacial score (nSPS) is 24.9. The van der Waals surface area contributed by atoms with Crippen LogP contribution in [-0.4, -0.2) is 70.8 Å². The van der Waals surface area contributed by atoms with Crippen molar-refractivity contribution >= 4 is 29.2 Å². The number of nitrogens with zero attached hydrogens (tertiary/aromatic N) is 4. The van der Waals surface area contributed by atoms with Crippen molar-refractivity contribution in [1.29, 1.82) is 0 Å². The van der Waals surface area contributed by atoms with Gasteiger partial charge in [-0.3, -0.25) is 24.2 Å². The Morgan fingerprint density at radius 1 is 0.970 bits per heavy atom. The largest absolute Gasteiger partial charge is 0.332 e. The number of hydrogen-bond donors (Lipinski definition) is 0. The van der Waals surface area contributed by atoms with E-state index in [9.17, 15) is 19.2 Å². The summed E-state index contributed by atoms with van der Waals surface area (Å²) in [5.74, 6) is -0.412. The summed E-state index contributed by atoms with van der Waals surface area (Å²) in [6, 6.07) is 8.77. The Bertz CT molecular complexity index is 1180. The van der Waals surface area contributed by atoms with Gasteiger partial charge in [0.25, 0.3) is 5.56 Å². The fraction of sp³-hybridized carbons (Fsp3) is 0.500. The van der Waals surface area contributed by atoms with Gasteiger partial charge < -0.3 is 9.47 Å². The zero-order valence-electron chi connectivity index (χ0n) is 19.1. The van der Waals surface area contributed by atoms with E-state index in [1.807, 2.05) is 29.7 Å². The molecule has 0 saturated carbocycles. The van der Waals surface area contributed by atoms with E-state index >= 15 is 0 Å². The lowest BCUT2D eigenvalue weighted by Crippen LogP contribution is -2.67. The molecule has 2 bridgehead atoms. The van der Waals surface area contributed by atoms with E-state index in [0.29, 0.717) is 19.6 Å². The molecule has 174 valence electrons. The second-order valence-electron chi connectivity index (χ2n) is 9.67. The lowest BCUT2D eigenvalue weighted by molar-refractivity contribution is -0.159. The number of likely N-dealkylation sites (tertiary alicyclic amines) is 1. The molecule has 33 heavy (non-hydrogen) atoms. The molecule has 2 atom stereocenters. The van der Waals surface area contributed by atoms with Crippen LogP contribution in [0.2, 0.25) is 0 Å². The van der Waals surface area contributed by atoms with Gasteiger partial charge in [-0.2, -0.15) is 0 Å². The van der Waals surface area contributed by atoms with Gasteiger partial charge >= 0.3 is 6.03 Å². The number of imide groups is 2. The third-order valence-corrected chi connectivity index (χ3v) is 8.32. The van der Waals surface area contributed by atoms with Gasteiger partial charge in [0.15, 0.2) is 0 Å². The minimum atomic E-state index is -1.35. The third-order valence-electron chi connectivity index (χ3n) is 7.32. The number of aromatic nitrogens is 1. The van der Waals surface area contributed by atoms with Crippen LogP contribution in [0.5, 0.6) is 0 Å². The van der Waals surface area contributed by atoms with E-state index in [2.05, 4.69) is 4.90 Å². The number of hydrogen-bond acceptors (Lipinski definition) is 6. The lowest BCUT2D eigenvalue weighted by Gasteiger charge is -2.48. The lowest BCUT2D eigenvalue weighted by atomic mass is 9.76. The molecule has 3 aliphatic rings. The Morgan fingerprint density at radius 2 is 1.70 bits per heavy atom. The van der Waals surface area contributed by atoms with Crippen LogP contribution < -0.4 is 5.56 Å². The maximum absolute atomic E-state index is 13.6. The molecule has 2 fully saturated rings. The van der Waals surface area contributed by atoms with Gasteiger partial charge in [0.05, 0.1) is 0 Å². The molecule has 2 saturated heterocycles. The molecule has 0 N–H and O–H groups in total. The summed E-state index contributed by atoms with van der Waals surface area (Å²) in [6.07, 6.45) is 1.27. The number of carbonyl (C=O) groups is 3. The Balaban J connectivity index is 1.50. The van der Waals surface area contributed by atoms with Crippen LogP contribution in [0, 0.1) is 18.3 Å². The SMILES string of the molecule is Cc1ccc(CC2(CN3CC4CC(C3)c3cccc(=O)n3C4)C(=O)N(C)C(=O)N(C)C2=O)s1. The predicted octanol–water partition coefficient (Wildman–Crippen LogP) is 1.92. The number of piperidine rings is 1. The minimum Gasteiger partial charge on any atom is -0.312 e. The predicted molar refractivity (Wildman–Crippen MR) is 124 cm³/mol. The van der Waals surface area contributed by atoms with Gasteiger partial charge in [0, 0.05) is 74.1 Å². The summed E-state index contributed by atoms with van der Waals surface area (Å²) in [4.78, 5) is 58.4. The molecule has 3 aliphatic heterocycles. The third kappa shape index (κ3) is 3.54. The van der Waals surface area contributed by atoms with Gasteiger partial charge in [-0.25, -0.2) is 4.79 Å². The maximum atomic E-state index is 13.6. The summed E-state index contributed by atoms with van der Waals surface area (Å²) in [5.41, 5.74) is -0.298. The van der Waals surface area contributed by atoms with Gasteiger partial charge in [-0.05, 0) is 37.5 Å². The highest BCUT2D eigenvalue weighted by Gasteiger charge is 2.56. The van der Waals surface area contributed by atoms with E-state index in [1.54, 1.807) is 23.5 Å². The van der Waals surface area contributed by atoms with Crippen molar-refractivity contribution in [3.05, 3.63) is 56.1 Å². The molecule has 2 aromatic heterocycles. The van der Waals surface area contributed by atoms with E-state index < -0.39 is 23.3 Å². The first-order valence-corrected chi connectivity index (χ1v) is 12.1. The van der Waals surface area contributed by atoms with E-state index in [4.69, 9.17) is 0 Å². The average Bonchev–Trinajstić information content (AvgIpc) is 3.20. The minimum absolute atomic E-state index is 0.0274. The summed E-state index contributed by atoms with van der Waals surface area (Å²) < 4.78 is 1.87. The van der Waals surface area contributed by atoms with Gasteiger partial charge in [-0.15, -0.1) is 11.3 Å². The molecule has 8 nitrogen and oxygen atoms in total. The van der Waals surface area contributed by atoms with Crippen molar-refractivity contribution in [3.63, 3.8) is 0 Å². The van der Waals surface area contributed by atoms with Gasteiger partial charge in [0.1, 0.15) is 5.41 Å². The molecule has 0 aromatic carbocycles. The summed E-state index contributed by atoms with van der Waals surface area (Å²) in [7, 11) is 2.91. The zero-order chi connectivity index (χ0) is 23.5. The Hall–Kier alpha value is -2.78. The highest BCUT2D eigenvalue weighted by atomic mass is 32.1. The summed E-state index contributed by atoms with van der Waals surface area (Å²) in [5, 5.41) is 0. The molecule has 4 amide bonds. The topological polar surface area (TPSA) is 82.9 Å². The fourth-order valence-electron chi connectivity index (χ4n) is 5.86. The zero-order valence-corrected chi connectivity index (χ0v) is 19.9. The summed E-state index contributed by atoms with van der Waals surface area (Å²) >= 11 is 1.58. The van der Waals surface area contributed by atoms with Crippen LogP contribution in [0.1, 0.15) is 27.8 Å². The number of rotatable bonds is 4. The average molecular weight is 469 g/mol. The Kier molecular flexibility index (Phi) is 5.29. The first-order valence-electron chi connectivity index (χ1n) is 11.3. The number of pyridine rings is 1. The Labute approximate surface area is 196 Å². The quantitative estimate of drug-likeness (QED) is 0.641. The number of amides is 4. The molecule has 5 rings (SSSR count). The van der Waals surface area contributed by atoms with Crippen LogP contribution in [0.25, 0.3) is 0 Å². The number of barbiturate groups is 1. The van der Waals surface area contributed by atoms with Gasteiger partial charge in [-0.1, -0.05) is 6.07 Å². The first kappa shape index (κ1) is 22.0. The number of fused-ring (bicyclic) bond motifs is 4. The number of thiophene rings is 1. The molecule has 2 unspecified atom stereocenters. The van der Waals surface area contributed by atoms with Crippen LogP contribution in [0.3, 0.4) is 0 Å². The molecular formula is C24H28N4O4S. The number of aryl methyl sites for hydroxylation is 1. The smallest absolute Gasteiger partial charge is 0.312 e. The molecule has 2 aromatic rings. The van der Waals surface area contributed by atoms with Crippen molar-refractivity contribution in [1.82, 2.24) is 19.3 Å². The van der Waals surface area contributed by atoms with Crippen LogP contribution in [0.4, 0.5) is 4.79 Å². The number of carbonyl (C=O) groups excluding carboxylic acids is 3. The van der Waals surface area contributed by atoms with Crippen molar-refractivity contribution in [2.75, 3.05) is 33.7 Å². The highest BCUT2D eigenvalue weighted by molar-refractivity contribution is 7.11. The monoisotopic (exact) mass is 468 g/mol. The van der Waals surface area contributed by atoms with Crippen LogP contribution >= 0.6 is 11.3 Å². The van der Waals surface area contributed by atoms with Gasteiger partial charge in [0.2, 0.25) is 11.8 Å². The van der Waals surface area contributed by atoms with Crippen molar-refractivity contribution < 1.29 is 14.4 Å².